The molecule has 0 unspecified atom stereocenters. The molecule has 0 amide bonds. The van der Waals surface area contributed by atoms with E-state index in [1.165, 1.54) is 19.4 Å². The van der Waals surface area contributed by atoms with E-state index in [0.29, 0.717) is 28.6 Å². The second-order valence-corrected chi connectivity index (χ2v) is 6.07. The van der Waals surface area contributed by atoms with Gasteiger partial charge in [-0.1, -0.05) is 0 Å². The molecule has 1 heterocycles. The van der Waals surface area contributed by atoms with Gasteiger partial charge in [-0.05, 0) is 46.3 Å². The maximum absolute atomic E-state index is 13.7. The van der Waals surface area contributed by atoms with Gasteiger partial charge in [0.25, 0.3) is 0 Å². The zero-order chi connectivity index (χ0) is 18.7. The predicted molar refractivity (Wildman–Crippen MR) is 108 cm³/mol. The van der Waals surface area contributed by atoms with E-state index in [9.17, 15) is 8.78 Å². The number of halogens is 4. The first-order chi connectivity index (χ1) is 12.5. The van der Waals surface area contributed by atoms with Crippen LogP contribution in [0.5, 0.6) is 11.5 Å². The molecule has 1 aromatic heterocycles. The third-order valence-electron chi connectivity index (χ3n) is 3.57. The molecule has 0 atom stereocenters. The molecule has 0 saturated heterocycles. The minimum atomic E-state index is -1.04. The van der Waals surface area contributed by atoms with E-state index in [1.807, 2.05) is 12.1 Å². The van der Waals surface area contributed by atoms with Gasteiger partial charge < -0.3 is 14.8 Å². The normalized spacial score (nSPS) is 10.1. The molecule has 0 aliphatic carbocycles. The second kappa shape index (κ2) is 9.09. The number of methoxy groups -OCH3 is 2. The minimum Gasteiger partial charge on any atom is -0.495 e. The standard InChI is InChI=1S/C18H14BrF2N3O2.BrH/c1-25-15-9-11(3-4-12(15)19)23-18-22-6-5-14(24-18)10-7-13(20)17(21)16(8-10)26-2;/h3-9H,1-2H3,(H,22,23,24);1H. The third-order valence-corrected chi connectivity index (χ3v) is 4.23. The summed E-state index contributed by atoms with van der Waals surface area (Å²) in [4.78, 5) is 8.49. The van der Waals surface area contributed by atoms with Crippen molar-refractivity contribution in [3.63, 3.8) is 0 Å². The van der Waals surface area contributed by atoms with Crippen molar-refractivity contribution >= 4 is 44.5 Å². The lowest BCUT2D eigenvalue weighted by atomic mass is 10.1. The first-order valence-corrected chi connectivity index (χ1v) is 8.28. The monoisotopic (exact) mass is 501 g/mol. The average molecular weight is 503 g/mol. The molecule has 0 aliphatic rings. The van der Waals surface area contributed by atoms with Crippen molar-refractivity contribution < 1.29 is 18.3 Å². The molecule has 0 fully saturated rings. The van der Waals surface area contributed by atoms with Gasteiger partial charge in [0.1, 0.15) is 5.75 Å². The van der Waals surface area contributed by atoms with Crippen molar-refractivity contribution in [2.24, 2.45) is 0 Å². The van der Waals surface area contributed by atoms with Crippen molar-refractivity contribution in [3.05, 3.63) is 58.7 Å². The lowest BCUT2D eigenvalue weighted by Crippen LogP contribution is -1.99. The molecule has 142 valence electrons. The number of aromatic nitrogens is 2. The van der Waals surface area contributed by atoms with Crippen molar-refractivity contribution in [3.8, 4) is 22.8 Å². The molecule has 3 rings (SSSR count). The Kier molecular flexibility index (Phi) is 7.09. The average Bonchev–Trinajstić information content (AvgIpc) is 2.65. The molecule has 1 N–H and O–H groups in total. The summed E-state index contributed by atoms with van der Waals surface area (Å²) in [6.45, 7) is 0. The summed E-state index contributed by atoms with van der Waals surface area (Å²) in [5.74, 6) is -1.28. The van der Waals surface area contributed by atoms with E-state index in [4.69, 9.17) is 9.47 Å². The van der Waals surface area contributed by atoms with E-state index < -0.39 is 11.6 Å². The molecule has 9 heteroatoms. The lowest BCUT2D eigenvalue weighted by molar-refractivity contribution is 0.372. The molecule has 0 bridgehead atoms. The van der Waals surface area contributed by atoms with Crippen molar-refractivity contribution in [1.29, 1.82) is 0 Å². The van der Waals surface area contributed by atoms with Crippen molar-refractivity contribution in [1.82, 2.24) is 9.97 Å². The topological polar surface area (TPSA) is 56.3 Å². The van der Waals surface area contributed by atoms with Crippen LogP contribution < -0.4 is 14.8 Å². The summed E-state index contributed by atoms with van der Waals surface area (Å²) in [7, 11) is 2.84. The molecule has 5 nitrogen and oxygen atoms in total. The van der Waals surface area contributed by atoms with Crippen LogP contribution in [0.25, 0.3) is 11.3 Å². The fourth-order valence-electron chi connectivity index (χ4n) is 2.31. The lowest BCUT2D eigenvalue weighted by Gasteiger charge is -2.10. The van der Waals surface area contributed by atoms with Crippen LogP contribution in [-0.4, -0.2) is 24.2 Å². The van der Waals surface area contributed by atoms with Crippen LogP contribution in [-0.2, 0) is 0 Å². The highest BCUT2D eigenvalue weighted by Crippen LogP contribution is 2.30. The Bertz CT molecular complexity index is 958. The Hall–Kier alpha value is -2.26. The zero-order valence-electron chi connectivity index (χ0n) is 14.3. The Balaban J connectivity index is 0.00000261. The summed E-state index contributed by atoms with van der Waals surface area (Å²) in [5.41, 5.74) is 1.51. The number of rotatable bonds is 5. The second-order valence-electron chi connectivity index (χ2n) is 5.21. The summed E-state index contributed by atoms with van der Waals surface area (Å²) in [5, 5.41) is 3.05. The van der Waals surface area contributed by atoms with Crippen LogP contribution in [0, 0.1) is 11.6 Å². The quantitative estimate of drug-likeness (QED) is 0.497. The van der Waals surface area contributed by atoms with E-state index in [-0.39, 0.29) is 22.7 Å². The Morgan fingerprint density at radius 1 is 1.00 bits per heavy atom. The number of benzene rings is 2. The van der Waals surface area contributed by atoms with Gasteiger partial charge in [0.2, 0.25) is 11.8 Å². The highest BCUT2D eigenvalue weighted by Gasteiger charge is 2.13. The molecule has 27 heavy (non-hydrogen) atoms. The highest BCUT2D eigenvalue weighted by atomic mass is 79.9. The summed E-state index contributed by atoms with van der Waals surface area (Å²) in [6, 6.07) is 9.47. The third kappa shape index (κ3) is 4.72. The molecule has 3 aromatic rings. The SMILES string of the molecule is Br.COc1cc(Nc2nccc(-c3cc(F)c(F)c(OC)c3)n2)ccc1Br. The van der Waals surface area contributed by atoms with E-state index >= 15 is 0 Å². The van der Waals surface area contributed by atoms with Crippen LogP contribution in [0.1, 0.15) is 0 Å². The highest BCUT2D eigenvalue weighted by molar-refractivity contribution is 9.10. The minimum absolute atomic E-state index is 0. The maximum atomic E-state index is 13.7. The van der Waals surface area contributed by atoms with Crippen LogP contribution in [0.3, 0.4) is 0 Å². The van der Waals surface area contributed by atoms with Crippen LogP contribution in [0.15, 0.2) is 47.1 Å². The van der Waals surface area contributed by atoms with Gasteiger partial charge in [-0.2, -0.15) is 4.39 Å². The zero-order valence-corrected chi connectivity index (χ0v) is 17.6. The summed E-state index contributed by atoms with van der Waals surface area (Å²) >= 11 is 3.38. The van der Waals surface area contributed by atoms with Crippen LogP contribution in [0.4, 0.5) is 20.4 Å². The van der Waals surface area contributed by atoms with Gasteiger partial charge in [0.15, 0.2) is 11.6 Å². The smallest absolute Gasteiger partial charge is 0.227 e. The first kappa shape index (κ1) is 21.0. The fourth-order valence-corrected chi connectivity index (χ4v) is 2.72. The number of ether oxygens (including phenoxy) is 2. The number of anilines is 2. The fraction of sp³-hybridized carbons (Fsp3) is 0.111. The summed E-state index contributed by atoms with van der Waals surface area (Å²) in [6.07, 6.45) is 1.52. The van der Waals surface area contributed by atoms with Gasteiger partial charge in [0.05, 0.1) is 24.4 Å². The van der Waals surface area contributed by atoms with Gasteiger partial charge in [0, 0.05) is 23.5 Å². The molecular weight excluding hydrogens is 488 g/mol. The number of hydrogen-bond donors (Lipinski definition) is 1. The Labute approximate surface area is 173 Å². The summed E-state index contributed by atoms with van der Waals surface area (Å²) < 4.78 is 38.3. The molecule has 0 aliphatic heterocycles. The molecule has 0 saturated carbocycles. The largest absolute Gasteiger partial charge is 0.495 e. The van der Waals surface area contributed by atoms with E-state index in [1.54, 1.807) is 19.2 Å². The Morgan fingerprint density at radius 2 is 1.74 bits per heavy atom. The van der Waals surface area contributed by atoms with Crippen LogP contribution >= 0.6 is 32.9 Å². The van der Waals surface area contributed by atoms with E-state index in [0.717, 1.165) is 10.5 Å². The Morgan fingerprint density at radius 3 is 2.44 bits per heavy atom. The number of nitrogens with zero attached hydrogens (tertiary/aromatic N) is 2. The first-order valence-electron chi connectivity index (χ1n) is 7.49. The van der Waals surface area contributed by atoms with Crippen molar-refractivity contribution in [2.75, 3.05) is 19.5 Å². The maximum Gasteiger partial charge on any atom is 0.227 e. The molecule has 0 spiro atoms. The van der Waals surface area contributed by atoms with Gasteiger partial charge in [-0.25, -0.2) is 14.4 Å². The van der Waals surface area contributed by atoms with Gasteiger partial charge in [-0.15, -0.1) is 17.0 Å². The molecular formula is C18H15Br2F2N3O2. The molecule has 0 radical (unpaired) electrons. The number of hydrogen-bond acceptors (Lipinski definition) is 5. The van der Waals surface area contributed by atoms with Gasteiger partial charge in [-0.3, -0.25) is 0 Å². The number of nitrogens with one attached hydrogen (secondary N) is 1. The van der Waals surface area contributed by atoms with Crippen LogP contribution in [0.2, 0.25) is 0 Å². The van der Waals surface area contributed by atoms with Crippen molar-refractivity contribution in [2.45, 2.75) is 0 Å². The molecule has 2 aromatic carbocycles. The van der Waals surface area contributed by atoms with E-state index in [2.05, 4.69) is 31.2 Å². The van der Waals surface area contributed by atoms with Gasteiger partial charge >= 0.3 is 0 Å². The predicted octanol–water partition coefficient (Wildman–Crippen LogP) is 5.52.